The minimum atomic E-state index is 0.0751. The number of Topliss-reactive ketones (excluding diaryl/α,β-unsaturated/α-hetero) is 1. The van der Waals surface area contributed by atoms with E-state index in [1.165, 1.54) is 24.9 Å². The molecule has 2 heteroatoms. The van der Waals surface area contributed by atoms with Gasteiger partial charge in [0, 0.05) is 30.3 Å². The molecule has 0 amide bonds. The van der Waals surface area contributed by atoms with E-state index < -0.39 is 0 Å². The standard InChI is InChI=1S/C17H25NO/c1-4-14-9-11-18(12-10-14)16-7-5-15(6-8-16)17(19)13(2)3/h5-8,13-14H,4,9-12H2,1-3H3. The van der Waals surface area contributed by atoms with Gasteiger partial charge in [-0.2, -0.15) is 0 Å². The molecule has 0 N–H and O–H groups in total. The van der Waals surface area contributed by atoms with Gasteiger partial charge in [0.25, 0.3) is 0 Å². The molecule has 0 atom stereocenters. The van der Waals surface area contributed by atoms with E-state index >= 15 is 0 Å². The molecule has 1 aromatic carbocycles. The number of ketones is 1. The summed E-state index contributed by atoms with van der Waals surface area (Å²) in [4.78, 5) is 14.3. The maximum Gasteiger partial charge on any atom is 0.165 e. The van der Waals surface area contributed by atoms with Crippen molar-refractivity contribution in [3.8, 4) is 0 Å². The summed E-state index contributed by atoms with van der Waals surface area (Å²) in [6.07, 6.45) is 3.89. The van der Waals surface area contributed by atoms with E-state index in [0.717, 1.165) is 24.6 Å². The SMILES string of the molecule is CCC1CCN(c2ccc(C(=O)C(C)C)cc2)CC1. The fourth-order valence-corrected chi connectivity index (χ4v) is 2.77. The van der Waals surface area contributed by atoms with Crippen LogP contribution >= 0.6 is 0 Å². The Hall–Kier alpha value is -1.31. The second kappa shape index (κ2) is 6.23. The number of hydrogen-bond acceptors (Lipinski definition) is 2. The van der Waals surface area contributed by atoms with Gasteiger partial charge in [-0.25, -0.2) is 0 Å². The molecular formula is C17H25NO. The lowest BCUT2D eigenvalue weighted by molar-refractivity contribution is 0.0939. The van der Waals surface area contributed by atoms with Gasteiger partial charge in [0.05, 0.1) is 0 Å². The summed E-state index contributed by atoms with van der Waals surface area (Å²) in [6.45, 7) is 8.48. The van der Waals surface area contributed by atoms with Crippen LogP contribution in [0.1, 0.15) is 50.4 Å². The molecule has 1 aliphatic heterocycles. The van der Waals surface area contributed by atoms with Crippen LogP contribution in [-0.2, 0) is 0 Å². The van der Waals surface area contributed by atoms with Crippen LogP contribution in [0.4, 0.5) is 5.69 Å². The van der Waals surface area contributed by atoms with Crippen LogP contribution in [0.25, 0.3) is 0 Å². The zero-order valence-electron chi connectivity index (χ0n) is 12.4. The zero-order chi connectivity index (χ0) is 13.8. The lowest BCUT2D eigenvalue weighted by Gasteiger charge is -2.33. The first kappa shape index (κ1) is 14.1. The van der Waals surface area contributed by atoms with E-state index in [2.05, 4.69) is 24.0 Å². The highest BCUT2D eigenvalue weighted by molar-refractivity contribution is 5.97. The Morgan fingerprint density at radius 2 is 1.79 bits per heavy atom. The van der Waals surface area contributed by atoms with Crippen molar-refractivity contribution in [2.24, 2.45) is 11.8 Å². The van der Waals surface area contributed by atoms with E-state index in [0.29, 0.717) is 0 Å². The summed E-state index contributed by atoms with van der Waals surface area (Å²) in [5.74, 6) is 1.21. The quantitative estimate of drug-likeness (QED) is 0.757. The highest BCUT2D eigenvalue weighted by Gasteiger charge is 2.18. The van der Waals surface area contributed by atoms with Crippen molar-refractivity contribution in [1.82, 2.24) is 0 Å². The van der Waals surface area contributed by atoms with Crippen LogP contribution in [0.3, 0.4) is 0 Å². The Morgan fingerprint density at radius 1 is 1.21 bits per heavy atom. The van der Waals surface area contributed by atoms with Gasteiger partial charge in [-0.1, -0.05) is 27.2 Å². The van der Waals surface area contributed by atoms with Gasteiger partial charge in [-0.05, 0) is 43.0 Å². The lowest BCUT2D eigenvalue weighted by atomic mass is 9.94. The number of anilines is 1. The van der Waals surface area contributed by atoms with E-state index in [-0.39, 0.29) is 11.7 Å². The van der Waals surface area contributed by atoms with Gasteiger partial charge in [-0.15, -0.1) is 0 Å². The number of piperidine rings is 1. The Labute approximate surface area is 116 Å². The number of nitrogens with zero attached hydrogens (tertiary/aromatic N) is 1. The monoisotopic (exact) mass is 259 g/mol. The molecular weight excluding hydrogens is 234 g/mol. The van der Waals surface area contributed by atoms with Crippen LogP contribution in [-0.4, -0.2) is 18.9 Å². The van der Waals surface area contributed by atoms with Gasteiger partial charge < -0.3 is 4.90 Å². The third kappa shape index (κ3) is 3.37. The number of benzene rings is 1. The predicted octanol–water partition coefficient (Wildman–Crippen LogP) is 4.15. The van der Waals surface area contributed by atoms with Crippen LogP contribution < -0.4 is 4.90 Å². The third-order valence-electron chi connectivity index (χ3n) is 4.23. The topological polar surface area (TPSA) is 20.3 Å². The van der Waals surface area contributed by atoms with Crippen molar-refractivity contribution in [2.45, 2.75) is 40.0 Å². The number of hydrogen-bond donors (Lipinski definition) is 0. The van der Waals surface area contributed by atoms with Gasteiger partial charge in [0.1, 0.15) is 0 Å². The molecule has 0 bridgehead atoms. The van der Waals surface area contributed by atoms with E-state index in [1.54, 1.807) is 0 Å². The molecule has 1 aromatic rings. The smallest absolute Gasteiger partial charge is 0.165 e. The van der Waals surface area contributed by atoms with Crippen molar-refractivity contribution in [2.75, 3.05) is 18.0 Å². The number of carbonyl (C=O) groups excluding carboxylic acids is 1. The third-order valence-corrected chi connectivity index (χ3v) is 4.23. The molecule has 0 unspecified atom stereocenters. The van der Waals surface area contributed by atoms with Crippen LogP contribution in [0, 0.1) is 11.8 Å². The first-order chi connectivity index (χ1) is 9.11. The minimum Gasteiger partial charge on any atom is -0.372 e. The molecule has 1 aliphatic rings. The first-order valence-corrected chi connectivity index (χ1v) is 7.51. The first-order valence-electron chi connectivity index (χ1n) is 7.51. The van der Waals surface area contributed by atoms with E-state index in [4.69, 9.17) is 0 Å². The fraction of sp³-hybridized carbons (Fsp3) is 0.588. The molecule has 2 rings (SSSR count). The Kier molecular flexibility index (Phi) is 4.62. The normalized spacial score (nSPS) is 16.9. The lowest BCUT2D eigenvalue weighted by Crippen LogP contribution is -2.33. The summed E-state index contributed by atoms with van der Waals surface area (Å²) in [5.41, 5.74) is 2.09. The molecule has 0 saturated carbocycles. The van der Waals surface area contributed by atoms with Crippen molar-refractivity contribution in [3.05, 3.63) is 29.8 Å². The summed E-state index contributed by atoms with van der Waals surface area (Å²) in [6, 6.07) is 8.15. The molecule has 1 saturated heterocycles. The van der Waals surface area contributed by atoms with Crippen molar-refractivity contribution < 1.29 is 4.79 Å². The second-order valence-corrected chi connectivity index (χ2v) is 5.90. The van der Waals surface area contributed by atoms with Crippen LogP contribution in [0.2, 0.25) is 0 Å². The summed E-state index contributed by atoms with van der Waals surface area (Å²) in [7, 11) is 0. The van der Waals surface area contributed by atoms with Gasteiger partial charge in [0.15, 0.2) is 5.78 Å². The summed E-state index contributed by atoms with van der Waals surface area (Å²) < 4.78 is 0. The molecule has 0 aliphatic carbocycles. The molecule has 19 heavy (non-hydrogen) atoms. The van der Waals surface area contributed by atoms with Crippen molar-refractivity contribution >= 4 is 11.5 Å². The van der Waals surface area contributed by atoms with Crippen molar-refractivity contribution in [3.63, 3.8) is 0 Å². The Bertz CT molecular complexity index is 413. The Balaban J connectivity index is 2.01. The Morgan fingerprint density at radius 3 is 2.26 bits per heavy atom. The summed E-state index contributed by atoms with van der Waals surface area (Å²) >= 11 is 0. The van der Waals surface area contributed by atoms with Gasteiger partial charge in [-0.3, -0.25) is 4.79 Å². The largest absolute Gasteiger partial charge is 0.372 e. The van der Waals surface area contributed by atoms with E-state index in [1.807, 2.05) is 26.0 Å². The molecule has 104 valence electrons. The summed E-state index contributed by atoms with van der Waals surface area (Å²) in [5, 5.41) is 0. The highest BCUT2D eigenvalue weighted by atomic mass is 16.1. The number of rotatable bonds is 4. The van der Waals surface area contributed by atoms with E-state index in [9.17, 15) is 4.79 Å². The molecule has 1 heterocycles. The molecule has 0 radical (unpaired) electrons. The van der Waals surface area contributed by atoms with Crippen molar-refractivity contribution in [1.29, 1.82) is 0 Å². The van der Waals surface area contributed by atoms with Crippen LogP contribution in [0.5, 0.6) is 0 Å². The average Bonchev–Trinajstić information content (AvgIpc) is 2.46. The average molecular weight is 259 g/mol. The number of carbonyl (C=O) groups is 1. The highest BCUT2D eigenvalue weighted by Crippen LogP contribution is 2.25. The minimum absolute atomic E-state index is 0.0751. The second-order valence-electron chi connectivity index (χ2n) is 5.90. The maximum absolute atomic E-state index is 11.9. The molecule has 2 nitrogen and oxygen atoms in total. The van der Waals surface area contributed by atoms with Crippen LogP contribution in [0.15, 0.2) is 24.3 Å². The van der Waals surface area contributed by atoms with Gasteiger partial charge >= 0.3 is 0 Å². The fourth-order valence-electron chi connectivity index (χ4n) is 2.77. The van der Waals surface area contributed by atoms with Gasteiger partial charge in [0.2, 0.25) is 0 Å². The predicted molar refractivity (Wildman–Crippen MR) is 80.8 cm³/mol. The zero-order valence-corrected chi connectivity index (χ0v) is 12.4. The maximum atomic E-state index is 11.9. The molecule has 0 aromatic heterocycles. The molecule has 1 fully saturated rings. The molecule has 0 spiro atoms.